The summed E-state index contributed by atoms with van der Waals surface area (Å²) in [5, 5.41) is 8.76. The third kappa shape index (κ3) is 5.03. The van der Waals surface area contributed by atoms with Gasteiger partial charge in [0.2, 0.25) is 0 Å². The number of nitrogen functional groups attached to an aromatic ring is 1. The Hall–Kier alpha value is -1.36. The quantitative estimate of drug-likeness (QED) is 0.770. The fourth-order valence-corrected chi connectivity index (χ4v) is 1.74. The fourth-order valence-electron chi connectivity index (χ4n) is 1.74. The minimum atomic E-state index is -0.109. The second kappa shape index (κ2) is 6.70. The lowest BCUT2D eigenvalue weighted by Crippen LogP contribution is -2.24. The van der Waals surface area contributed by atoms with Crippen molar-refractivity contribution < 1.29 is 5.11 Å². The second-order valence-electron chi connectivity index (χ2n) is 5.93. The number of nitrogens with zero attached hydrogens (tertiary/aromatic N) is 3. The highest BCUT2D eigenvalue weighted by atomic mass is 16.2. The Morgan fingerprint density at radius 1 is 1.21 bits per heavy atom. The Kier molecular flexibility index (Phi) is 5.54. The van der Waals surface area contributed by atoms with Gasteiger partial charge in [0.05, 0.1) is 0 Å². The number of aromatic nitrogens is 2. The molecule has 0 amide bonds. The van der Waals surface area contributed by atoms with E-state index in [1.54, 1.807) is 6.07 Å². The van der Waals surface area contributed by atoms with Crippen molar-refractivity contribution in [3.63, 3.8) is 0 Å². The molecule has 1 aromatic heterocycles. The number of hydrogen-bond acceptors (Lipinski definition) is 5. The minimum Gasteiger partial charge on any atom is -0.396 e. The van der Waals surface area contributed by atoms with E-state index in [1.807, 2.05) is 7.05 Å². The maximum Gasteiger partial charge on any atom is 0.138 e. The molecule has 5 nitrogen and oxygen atoms in total. The van der Waals surface area contributed by atoms with Crippen molar-refractivity contribution in [3.05, 3.63) is 11.9 Å². The average molecular weight is 266 g/mol. The van der Waals surface area contributed by atoms with Gasteiger partial charge in [-0.15, -0.1) is 0 Å². The Bertz CT molecular complexity index is 401. The Balaban J connectivity index is 2.74. The normalized spacial score (nSPS) is 11.6. The van der Waals surface area contributed by atoms with Crippen LogP contribution in [0.5, 0.6) is 0 Å². The molecule has 0 aliphatic carbocycles. The van der Waals surface area contributed by atoms with E-state index in [1.165, 1.54) is 0 Å². The summed E-state index contributed by atoms with van der Waals surface area (Å²) in [7, 11) is 2.01. The summed E-state index contributed by atoms with van der Waals surface area (Å²) in [4.78, 5) is 11.0. The molecule has 1 heterocycles. The van der Waals surface area contributed by atoms with Crippen LogP contribution in [0.25, 0.3) is 0 Å². The molecular formula is C14H26N4O. The lowest BCUT2D eigenvalue weighted by atomic mass is 9.96. The minimum absolute atomic E-state index is 0.109. The van der Waals surface area contributed by atoms with E-state index in [2.05, 4.69) is 35.6 Å². The number of nitrogens with two attached hydrogens (primary N) is 1. The molecule has 108 valence electrons. The van der Waals surface area contributed by atoms with Crippen molar-refractivity contribution in [2.24, 2.45) is 0 Å². The molecule has 0 bridgehead atoms. The van der Waals surface area contributed by atoms with E-state index >= 15 is 0 Å². The van der Waals surface area contributed by atoms with Gasteiger partial charge in [-0.2, -0.15) is 0 Å². The first-order valence-corrected chi connectivity index (χ1v) is 6.81. The van der Waals surface area contributed by atoms with Crippen molar-refractivity contribution >= 4 is 11.6 Å². The topological polar surface area (TPSA) is 75.3 Å². The van der Waals surface area contributed by atoms with Crippen LogP contribution in [0.1, 0.15) is 45.9 Å². The van der Waals surface area contributed by atoms with Gasteiger partial charge >= 0.3 is 0 Å². The maximum absolute atomic E-state index is 8.76. The van der Waals surface area contributed by atoms with E-state index in [0.29, 0.717) is 5.82 Å². The number of anilines is 2. The van der Waals surface area contributed by atoms with Gasteiger partial charge < -0.3 is 15.7 Å². The molecule has 5 heteroatoms. The zero-order valence-corrected chi connectivity index (χ0v) is 12.5. The van der Waals surface area contributed by atoms with Crippen molar-refractivity contribution in [1.82, 2.24) is 9.97 Å². The summed E-state index contributed by atoms with van der Waals surface area (Å²) < 4.78 is 0. The van der Waals surface area contributed by atoms with Gasteiger partial charge in [0.15, 0.2) is 0 Å². The lowest BCUT2D eigenvalue weighted by molar-refractivity contribution is 0.283. The van der Waals surface area contributed by atoms with Crippen LogP contribution >= 0.6 is 0 Å². The highest BCUT2D eigenvalue weighted by Crippen LogP contribution is 2.22. The molecule has 1 aromatic rings. The van der Waals surface area contributed by atoms with Crippen LogP contribution in [0.4, 0.5) is 11.6 Å². The zero-order chi connectivity index (χ0) is 14.5. The summed E-state index contributed by atoms with van der Waals surface area (Å²) in [6, 6.07) is 1.81. The molecule has 3 N–H and O–H groups in total. The van der Waals surface area contributed by atoms with Gasteiger partial charge in [-0.1, -0.05) is 20.8 Å². The molecule has 0 spiro atoms. The van der Waals surface area contributed by atoms with Crippen LogP contribution in [-0.4, -0.2) is 35.3 Å². The third-order valence-electron chi connectivity index (χ3n) is 2.95. The zero-order valence-electron chi connectivity index (χ0n) is 12.5. The standard InChI is InChI=1S/C14H26N4O/c1-14(2,3)13-16-11(15)10-12(17-13)18(4)8-6-5-7-9-19/h10,19H,5-9H2,1-4H3,(H2,15,16,17). The summed E-state index contributed by atoms with van der Waals surface area (Å²) in [6.07, 6.45) is 2.91. The molecule has 0 atom stereocenters. The van der Waals surface area contributed by atoms with Crippen LogP contribution in [0.2, 0.25) is 0 Å². The number of hydrogen-bond donors (Lipinski definition) is 2. The van der Waals surface area contributed by atoms with Gasteiger partial charge in [0, 0.05) is 31.7 Å². The molecular weight excluding hydrogens is 240 g/mol. The molecule has 0 fully saturated rings. The molecule has 1 rings (SSSR count). The van der Waals surface area contributed by atoms with Gasteiger partial charge in [0.1, 0.15) is 17.5 Å². The van der Waals surface area contributed by atoms with Crippen molar-refractivity contribution in [3.8, 4) is 0 Å². The van der Waals surface area contributed by atoms with Gasteiger partial charge in [0.25, 0.3) is 0 Å². The summed E-state index contributed by atoms with van der Waals surface area (Å²) in [5.74, 6) is 2.14. The van der Waals surface area contributed by atoms with Crippen molar-refractivity contribution in [2.75, 3.05) is 30.8 Å². The molecule has 0 unspecified atom stereocenters. The van der Waals surface area contributed by atoms with Crippen molar-refractivity contribution in [1.29, 1.82) is 0 Å². The van der Waals surface area contributed by atoms with Crippen molar-refractivity contribution in [2.45, 2.75) is 45.4 Å². The number of rotatable bonds is 6. The van der Waals surface area contributed by atoms with Crippen LogP contribution in [0, 0.1) is 0 Å². The van der Waals surface area contributed by atoms with E-state index in [-0.39, 0.29) is 12.0 Å². The van der Waals surface area contributed by atoms with Gasteiger partial charge in [-0.05, 0) is 19.3 Å². The maximum atomic E-state index is 8.76. The predicted octanol–water partition coefficient (Wildman–Crippen LogP) is 1.96. The second-order valence-corrected chi connectivity index (χ2v) is 5.93. The summed E-state index contributed by atoms with van der Waals surface area (Å²) in [5.41, 5.74) is 5.75. The smallest absolute Gasteiger partial charge is 0.138 e. The third-order valence-corrected chi connectivity index (χ3v) is 2.95. The Morgan fingerprint density at radius 3 is 2.47 bits per heavy atom. The molecule has 0 aliphatic rings. The molecule has 0 saturated carbocycles. The van der Waals surface area contributed by atoms with Crippen LogP contribution in [-0.2, 0) is 5.41 Å². The summed E-state index contributed by atoms with van der Waals surface area (Å²) in [6.45, 7) is 7.39. The lowest BCUT2D eigenvalue weighted by Gasteiger charge is -2.22. The highest BCUT2D eigenvalue weighted by Gasteiger charge is 2.19. The van der Waals surface area contributed by atoms with Crippen LogP contribution in [0.3, 0.4) is 0 Å². The molecule has 0 aliphatic heterocycles. The van der Waals surface area contributed by atoms with E-state index in [4.69, 9.17) is 10.8 Å². The first-order valence-electron chi connectivity index (χ1n) is 6.81. The number of unbranched alkanes of at least 4 members (excludes halogenated alkanes) is 2. The highest BCUT2D eigenvalue weighted by molar-refractivity contribution is 5.47. The Labute approximate surface area is 115 Å². The van der Waals surface area contributed by atoms with E-state index in [9.17, 15) is 0 Å². The SMILES string of the molecule is CN(CCCCCO)c1cc(N)nc(C(C)(C)C)n1. The monoisotopic (exact) mass is 266 g/mol. The summed E-state index contributed by atoms with van der Waals surface area (Å²) >= 11 is 0. The fraction of sp³-hybridized carbons (Fsp3) is 0.714. The molecule has 0 saturated heterocycles. The van der Waals surface area contributed by atoms with Crippen LogP contribution in [0.15, 0.2) is 6.07 Å². The van der Waals surface area contributed by atoms with E-state index < -0.39 is 0 Å². The molecule has 19 heavy (non-hydrogen) atoms. The number of aliphatic hydroxyl groups is 1. The Morgan fingerprint density at radius 2 is 1.89 bits per heavy atom. The van der Waals surface area contributed by atoms with E-state index in [0.717, 1.165) is 37.4 Å². The predicted molar refractivity (Wildman–Crippen MR) is 79.4 cm³/mol. The van der Waals surface area contributed by atoms with Gasteiger partial charge in [-0.25, -0.2) is 9.97 Å². The van der Waals surface area contributed by atoms with Crippen LogP contribution < -0.4 is 10.6 Å². The first-order chi connectivity index (χ1) is 8.84. The van der Waals surface area contributed by atoms with Gasteiger partial charge in [-0.3, -0.25) is 0 Å². The average Bonchev–Trinajstić information content (AvgIpc) is 2.32. The molecule has 0 radical (unpaired) electrons. The number of aliphatic hydroxyl groups excluding tert-OH is 1. The largest absolute Gasteiger partial charge is 0.396 e. The first kappa shape index (κ1) is 15.7. The molecule has 0 aromatic carbocycles.